The van der Waals surface area contributed by atoms with Gasteiger partial charge >= 0.3 is 0 Å². The number of hydrogen-bond donors (Lipinski definition) is 1. The Kier molecular flexibility index (Phi) is 3.96. The van der Waals surface area contributed by atoms with Crippen LogP contribution in [0, 0.1) is 13.8 Å². The van der Waals surface area contributed by atoms with E-state index in [1.165, 1.54) is 11.3 Å². The summed E-state index contributed by atoms with van der Waals surface area (Å²) in [5.41, 5.74) is 4.52. The van der Waals surface area contributed by atoms with Crippen molar-refractivity contribution in [2.24, 2.45) is 0 Å². The van der Waals surface area contributed by atoms with Crippen LogP contribution >= 0.6 is 11.6 Å². The van der Waals surface area contributed by atoms with Crippen molar-refractivity contribution in [3.63, 3.8) is 0 Å². The number of halogens is 1. The molecule has 1 saturated heterocycles. The fraction of sp³-hybridized carbons (Fsp3) is 0.533. The average molecular weight is 294 g/mol. The molecule has 0 unspecified atom stereocenters. The number of rotatable bonds is 3. The average Bonchev–Trinajstić information content (AvgIpc) is 2.89. The Hall–Kier alpha value is -1.10. The number of aryl methyl sites for hydroxylation is 2. The Balaban J connectivity index is 1.78. The quantitative estimate of drug-likeness (QED) is 0.885. The highest BCUT2D eigenvalue weighted by molar-refractivity contribution is 6.34. The SMILES string of the molecule is Cc1nc(Cl)c2cc(CCN3CCOCC3)[nH]c2c1C. The number of nitrogens with one attached hydrogen (secondary N) is 1. The van der Waals surface area contributed by atoms with E-state index in [2.05, 4.69) is 27.9 Å². The van der Waals surface area contributed by atoms with Crippen LogP contribution in [0.3, 0.4) is 0 Å². The van der Waals surface area contributed by atoms with Gasteiger partial charge in [-0.2, -0.15) is 0 Å². The van der Waals surface area contributed by atoms with Gasteiger partial charge in [0.2, 0.25) is 0 Å². The molecule has 2 aromatic heterocycles. The number of aromatic nitrogens is 2. The van der Waals surface area contributed by atoms with E-state index in [4.69, 9.17) is 16.3 Å². The number of fused-ring (bicyclic) bond motifs is 1. The molecule has 20 heavy (non-hydrogen) atoms. The maximum absolute atomic E-state index is 6.24. The third-order valence-corrected chi connectivity index (χ3v) is 4.37. The third kappa shape index (κ3) is 2.68. The van der Waals surface area contributed by atoms with Crippen molar-refractivity contribution in [3.05, 3.63) is 28.2 Å². The van der Waals surface area contributed by atoms with Crippen LogP contribution in [-0.2, 0) is 11.2 Å². The number of pyridine rings is 1. The molecule has 4 nitrogen and oxygen atoms in total. The Morgan fingerprint density at radius 3 is 2.85 bits per heavy atom. The van der Waals surface area contributed by atoms with Crippen molar-refractivity contribution in [1.29, 1.82) is 0 Å². The molecule has 1 aliphatic rings. The van der Waals surface area contributed by atoms with E-state index < -0.39 is 0 Å². The van der Waals surface area contributed by atoms with E-state index in [1.807, 2.05) is 6.92 Å². The Bertz CT molecular complexity index is 617. The molecule has 3 heterocycles. The zero-order chi connectivity index (χ0) is 14.1. The second-order valence-corrected chi connectivity index (χ2v) is 5.76. The molecular formula is C15H20ClN3O. The standard InChI is InChI=1S/C15H20ClN3O/c1-10-11(2)17-15(16)13-9-12(18-14(10)13)3-4-19-5-7-20-8-6-19/h9,18H,3-8H2,1-2H3. The van der Waals surface area contributed by atoms with Gasteiger partial charge < -0.3 is 9.72 Å². The molecule has 0 aromatic carbocycles. The van der Waals surface area contributed by atoms with Crippen LogP contribution < -0.4 is 0 Å². The minimum atomic E-state index is 0.594. The van der Waals surface area contributed by atoms with E-state index in [0.717, 1.165) is 55.9 Å². The van der Waals surface area contributed by atoms with Crippen molar-refractivity contribution >= 4 is 22.5 Å². The molecule has 0 saturated carbocycles. The number of hydrogen-bond acceptors (Lipinski definition) is 3. The lowest BCUT2D eigenvalue weighted by molar-refractivity contribution is 0.0383. The lowest BCUT2D eigenvalue weighted by atomic mass is 10.2. The topological polar surface area (TPSA) is 41.2 Å². The summed E-state index contributed by atoms with van der Waals surface area (Å²) < 4.78 is 5.37. The fourth-order valence-corrected chi connectivity index (χ4v) is 2.95. The van der Waals surface area contributed by atoms with Crippen LogP contribution in [-0.4, -0.2) is 47.7 Å². The highest BCUT2D eigenvalue weighted by atomic mass is 35.5. The van der Waals surface area contributed by atoms with Crippen LogP contribution in [0.1, 0.15) is 17.0 Å². The second-order valence-electron chi connectivity index (χ2n) is 5.40. The van der Waals surface area contributed by atoms with Crippen LogP contribution in [0.25, 0.3) is 10.9 Å². The molecule has 108 valence electrons. The Labute approximate surface area is 124 Å². The normalized spacial score (nSPS) is 16.9. The molecule has 0 bridgehead atoms. The van der Waals surface area contributed by atoms with Gasteiger partial charge in [-0.3, -0.25) is 4.90 Å². The van der Waals surface area contributed by atoms with Crippen molar-refractivity contribution in [2.75, 3.05) is 32.8 Å². The zero-order valence-corrected chi connectivity index (χ0v) is 12.8. The first-order chi connectivity index (χ1) is 9.65. The number of aromatic amines is 1. The zero-order valence-electron chi connectivity index (χ0n) is 12.0. The van der Waals surface area contributed by atoms with Crippen molar-refractivity contribution in [3.8, 4) is 0 Å². The van der Waals surface area contributed by atoms with E-state index in [1.54, 1.807) is 0 Å². The maximum Gasteiger partial charge on any atom is 0.138 e. The number of nitrogens with zero attached hydrogens (tertiary/aromatic N) is 2. The fourth-order valence-electron chi connectivity index (χ4n) is 2.68. The molecule has 5 heteroatoms. The van der Waals surface area contributed by atoms with E-state index in [0.29, 0.717) is 5.15 Å². The van der Waals surface area contributed by atoms with Gasteiger partial charge in [0.1, 0.15) is 5.15 Å². The van der Waals surface area contributed by atoms with Crippen molar-refractivity contribution in [1.82, 2.24) is 14.9 Å². The minimum Gasteiger partial charge on any atom is -0.379 e. The van der Waals surface area contributed by atoms with Gasteiger partial charge in [-0.1, -0.05) is 11.6 Å². The minimum absolute atomic E-state index is 0.594. The van der Waals surface area contributed by atoms with Crippen LogP contribution in [0.4, 0.5) is 0 Å². The predicted octanol–water partition coefficient (Wildman–Crippen LogP) is 2.71. The van der Waals surface area contributed by atoms with Crippen LogP contribution in [0.2, 0.25) is 5.15 Å². The molecule has 0 amide bonds. The summed E-state index contributed by atoms with van der Waals surface area (Å²) in [6, 6.07) is 2.14. The molecule has 0 radical (unpaired) electrons. The largest absolute Gasteiger partial charge is 0.379 e. The Morgan fingerprint density at radius 2 is 2.10 bits per heavy atom. The smallest absolute Gasteiger partial charge is 0.138 e. The summed E-state index contributed by atoms with van der Waals surface area (Å²) in [6.45, 7) is 8.89. The van der Waals surface area contributed by atoms with Gasteiger partial charge in [0.15, 0.2) is 0 Å². The van der Waals surface area contributed by atoms with E-state index >= 15 is 0 Å². The van der Waals surface area contributed by atoms with E-state index in [-0.39, 0.29) is 0 Å². The molecule has 0 atom stereocenters. The number of ether oxygens (including phenoxy) is 1. The maximum atomic E-state index is 6.24. The molecule has 0 spiro atoms. The molecular weight excluding hydrogens is 274 g/mol. The van der Waals surface area contributed by atoms with Crippen LogP contribution in [0.15, 0.2) is 6.07 Å². The van der Waals surface area contributed by atoms with Gasteiger partial charge in [0.25, 0.3) is 0 Å². The molecule has 1 N–H and O–H groups in total. The number of H-pyrrole nitrogens is 1. The van der Waals surface area contributed by atoms with Crippen LogP contribution in [0.5, 0.6) is 0 Å². The first-order valence-electron chi connectivity index (χ1n) is 7.09. The summed E-state index contributed by atoms with van der Waals surface area (Å²) >= 11 is 6.24. The lowest BCUT2D eigenvalue weighted by Crippen LogP contribution is -2.37. The predicted molar refractivity (Wildman–Crippen MR) is 81.5 cm³/mol. The molecule has 3 rings (SSSR count). The summed E-state index contributed by atoms with van der Waals surface area (Å²) in [5, 5.41) is 1.63. The highest BCUT2D eigenvalue weighted by Gasteiger charge is 2.13. The summed E-state index contributed by atoms with van der Waals surface area (Å²) in [4.78, 5) is 10.3. The molecule has 0 aliphatic carbocycles. The molecule has 1 aliphatic heterocycles. The van der Waals surface area contributed by atoms with Gasteiger partial charge in [-0.15, -0.1) is 0 Å². The number of morpholine rings is 1. The van der Waals surface area contributed by atoms with Crippen molar-refractivity contribution < 1.29 is 4.74 Å². The van der Waals surface area contributed by atoms with Gasteiger partial charge in [-0.05, 0) is 25.5 Å². The van der Waals surface area contributed by atoms with Gasteiger partial charge in [0.05, 0.1) is 18.7 Å². The Morgan fingerprint density at radius 1 is 1.35 bits per heavy atom. The molecule has 1 fully saturated rings. The van der Waals surface area contributed by atoms with Gasteiger partial charge in [0, 0.05) is 42.8 Å². The first kappa shape index (κ1) is 13.9. The summed E-state index contributed by atoms with van der Waals surface area (Å²) in [7, 11) is 0. The monoisotopic (exact) mass is 293 g/mol. The molecule has 2 aromatic rings. The lowest BCUT2D eigenvalue weighted by Gasteiger charge is -2.26. The van der Waals surface area contributed by atoms with Crippen molar-refractivity contribution in [2.45, 2.75) is 20.3 Å². The summed E-state index contributed by atoms with van der Waals surface area (Å²) in [5.74, 6) is 0. The van der Waals surface area contributed by atoms with Gasteiger partial charge in [-0.25, -0.2) is 4.98 Å². The highest BCUT2D eigenvalue weighted by Crippen LogP contribution is 2.27. The van der Waals surface area contributed by atoms with E-state index in [9.17, 15) is 0 Å². The first-order valence-corrected chi connectivity index (χ1v) is 7.47. The summed E-state index contributed by atoms with van der Waals surface area (Å²) in [6.07, 6.45) is 1.00. The third-order valence-electron chi connectivity index (χ3n) is 4.08. The second kappa shape index (κ2) is 5.72.